The molecule has 0 radical (unpaired) electrons. The van der Waals surface area contributed by atoms with Crippen LogP contribution in [0, 0.1) is 17.2 Å². The number of benzene rings is 1. The molecule has 1 saturated carbocycles. The molecule has 1 fully saturated rings. The summed E-state index contributed by atoms with van der Waals surface area (Å²) in [4.78, 5) is 23.7. The van der Waals surface area contributed by atoms with Crippen molar-refractivity contribution in [3.63, 3.8) is 0 Å². The van der Waals surface area contributed by atoms with E-state index in [2.05, 4.69) is 5.32 Å². The van der Waals surface area contributed by atoms with Gasteiger partial charge in [0.25, 0.3) is 5.91 Å². The molecule has 0 aliphatic heterocycles. The van der Waals surface area contributed by atoms with Crippen LogP contribution in [0.5, 0.6) is 5.75 Å². The van der Waals surface area contributed by atoms with Gasteiger partial charge in [-0.1, -0.05) is 6.92 Å². The van der Waals surface area contributed by atoms with Crippen molar-refractivity contribution in [1.82, 2.24) is 0 Å². The Morgan fingerprint density at radius 3 is 2.67 bits per heavy atom. The fourth-order valence-electron chi connectivity index (χ4n) is 2.52. The number of carbonyl (C=O) groups excluding carboxylic acids is 2. The Hall–Kier alpha value is -2.39. The fourth-order valence-corrected chi connectivity index (χ4v) is 2.52. The van der Waals surface area contributed by atoms with Gasteiger partial charge in [-0.15, -0.1) is 0 Å². The van der Waals surface area contributed by atoms with E-state index < -0.39 is 11.6 Å². The van der Waals surface area contributed by atoms with Crippen molar-refractivity contribution in [2.24, 2.45) is 5.92 Å². The van der Waals surface area contributed by atoms with Crippen LogP contribution >= 0.6 is 0 Å². The summed E-state index contributed by atoms with van der Waals surface area (Å²) in [5.74, 6) is -0.251. The van der Waals surface area contributed by atoms with E-state index in [1.54, 1.807) is 19.1 Å². The smallest absolute Gasteiger partial charge is 0.308 e. The average molecular weight is 330 g/mol. The second-order valence-corrected chi connectivity index (χ2v) is 6.10. The first-order chi connectivity index (χ1) is 11.4. The first-order valence-corrected chi connectivity index (χ1v) is 8.08. The van der Waals surface area contributed by atoms with Crippen molar-refractivity contribution < 1.29 is 19.1 Å². The van der Waals surface area contributed by atoms with E-state index in [0.29, 0.717) is 12.3 Å². The number of carbonyl (C=O) groups is 2. The highest BCUT2D eigenvalue weighted by Crippen LogP contribution is 2.42. The van der Waals surface area contributed by atoms with Crippen LogP contribution in [0.4, 0.5) is 5.69 Å². The molecule has 24 heavy (non-hydrogen) atoms. The quantitative estimate of drug-likeness (QED) is 0.613. The van der Waals surface area contributed by atoms with Crippen LogP contribution in [-0.4, -0.2) is 24.1 Å². The number of amides is 1. The number of nitriles is 1. The number of hydrogen-bond donors (Lipinski definition) is 1. The normalized spacial score (nSPS) is 15.9. The maximum absolute atomic E-state index is 12.7. The lowest BCUT2D eigenvalue weighted by Gasteiger charge is -2.28. The summed E-state index contributed by atoms with van der Waals surface area (Å²) in [5, 5.41) is 12.1. The van der Waals surface area contributed by atoms with Crippen molar-refractivity contribution in [2.45, 2.75) is 45.6 Å². The summed E-state index contributed by atoms with van der Waals surface area (Å²) < 4.78 is 10.8. The van der Waals surface area contributed by atoms with E-state index in [9.17, 15) is 14.9 Å². The zero-order chi connectivity index (χ0) is 17.7. The maximum Gasteiger partial charge on any atom is 0.308 e. The van der Waals surface area contributed by atoms with Crippen molar-refractivity contribution in [1.29, 1.82) is 5.26 Å². The highest BCUT2D eigenvalue weighted by molar-refractivity contribution is 5.98. The van der Waals surface area contributed by atoms with Crippen LogP contribution in [0.1, 0.15) is 45.6 Å². The van der Waals surface area contributed by atoms with Crippen LogP contribution in [0.25, 0.3) is 0 Å². The second-order valence-electron chi connectivity index (χ2n) is 6.10. The van der Waals surface area contributed by atoms with Gasteiger partial charge in [0.15, 0.2) is 0 Å². The molecule has 0 saturated heterocycles. The highest BCUT2D eigenvalue weighted by Gasteiger charge is 2.48. The minimum atomic E-state index is -0.892. The van der Waals surface area contributed by atoms with Gasteiger partial charge in [0.1, 0.15) is 17.4 Å². The Morgan fingerprint density at radius 2 is 2.12 bits per heavy atom. The molecule has 1 amide bonds. The number of nitrogens with zero attached hydrogens (tertiary/aromatic N) is 1. The third kappa shape index (κ3) is 4.12. The highest BCUT2D eigenvalue weighted by atomic mass is 16.5. The molecule has 0 unspecified atom stereocenters. The molecule has 1 aliphatic rings. The number of esters is 1. The van der Waals surface area contributed by atoms with E-state index in [1.807, 2.05) is 13.0 Å². The standard InChI is InChI=1S/C18H22N2O4/c1-4-9-23-18(3,14-5-6-14)17(22)20-16-8-7-15(24-12(2)21)10-13(16)11-19/h7-8,10,14H,4-6,9H2,1-3H3,(H,20,22)/t18-/m0/s1. The average Bonchev–Trinajstić information content (AvgIpc) is 3.38. The van der Waals surface area contributed by atoms with Crippen LogP contribution in [-0.2, 0) is 14.3 Å². The summed E-state index contributed by atoms with van der Waals surface area (Å²) in [5.41, 5.74) is -0.279. The predicted molar refractivity (Wildman–Crippen MR) is 88.5 cm³/mol. The molecular weight excluding hydrogens is 308 g/mol. The van der Waals surface area contributed by atoms with E-state index >= 15 is 0 Å². The van der Waals surface area contributed by atoms with Gasteiger partial charge >= 0.3 is 5.97 Å². The van der Waals surface area contributed by atoms with Crippen LogP contribution in [0.15, 0.2) is 18.2 Å². The van der Waals surface area contributed by atoms with Gasteiger partial charge in [-0.2, -0.15) is 5.26 Å². The number of hydrogen-bond acceptors (Lipinski definition) is 5. The molecular formula is C18H22N2O4. The largest absolute Gasteiger partial charge is 0.427 e. The van der Waals surface area contributed by atoms with E-state index in [4.69, 9.17) is 9.47 Å². The summed E-state index contributed by atoms with van der Waals surface area (Å²) in [6.45, 7) is 5.59. The molecule has 0 spiro atoms. The van der Waals surface area contributed by atoms with Crippen molar-refractivity contribution in [3.8, 4) is 11.8 Å². The van der Waals surface area contributed by atoms with Crippen LogP contribution in [0.2, 0.25) is 0 Å². The van der Waals surface area contributed by atoms with E-state index in [0.717, 1.165) is 19.3 Å². The first kappa shape index (κ1) is 18.0. The van der Waals surface area contributed by atoms with Crippen LogP contribution in [0.3, 0.4) is 0 Å². The number of ether oxygens (including phenoxy) is 2. The Labute approximate surface area is 141 Å². The van der Waals surface area contributed by atoms with E-state index in [1.165, 1.54) is 13.0 Å². The van der Waals surface area contributed by atoms with Gasteiger partial charge in [0.2, 0.25) is 0 Å². The van der Waals surface area contributed by atoms with Gasteiger partial charge in [-0.3, -0.25) is 9.59 Å². The minimum absolute atomic E-state index is 0.204. The van der Waals surface area contributed by atoms with Gasteiger partial charge in [-0.25, -0.2) is 0 Å². The fraction of sp³-hybridized carbons (Fsp3) is 0.500. The molecule has 1 N–H and O–H groups in total. The molecule has 6 nitrogen and oxygen atoms in total. The maximum atomic E-state index is 12.7. The minimum Gasteiger partial charge on any atom is -0.427 e. The summed E-state index contributed by atoms with van der Waals surface area (Å²) >= 11 is 0. The van der Waals surface area contributed by atoms with Crippen molar-refractivity contribution >= 4 is 17.6 Å². The summed E-state index contributed by atoms with van der Waals surface area (Å²) in [6.07, 6.45) is 2.75. The second kappa shape index (κ2) is 7.45. The number of anilines is 1. The Kier molecular flexibility index (Phi) is 5.58. The lowest BCUT2D eigenvalue weighted by Crippen LogP contribution is -2.45. The van der Waals surface area contributed by atoms with Crippen molar-refractivity contribution in [2.75, 3.05) is 11.9 Å². The molecule has 6 heteroatoms. The third-order valence-corrected chi connectivity index (χ3v) is 4.03. The SMILES string of the molecule is CCCO[C@](C)(C(=O)Nc1ccc(OC(C)=O)cc1C#N)C1CC1. The molecule has 2 rings (SSSR count). The first-order valence-electron chi connectivity index (χ1n) is 8.08. The zero-order valence-electron chi connectivity index (χ0n) is 14.2. The Bertz CT molecular complexity index is 676. The summed E-state index contributed by atoms with van der Waals surface area (Å²) in [7, 11) is 0. The predicted octanol–water partition coefficient (Wildman–Crippen LogP) is 3.02. The molecule has 0 heterocycles. The molecule has 1 atom stereocenters. The molecule has 1 aromatic carbocycles. The molecule has 1 aliphatic carbocycles. The van der Waals surface area contributed by atoms with E-state index in [-0.39, 0.29) is 23.1 Å². The van der Waals surface area contributed by atoms with Gasteiger partial charge in [0.05, 0.1) is 11.3 Å². The van der Waals surface area contributed by atoms with Gasteiger partial charge < -0.3 is 14.8 Å². The zero-order valence-corrected chi connectivity index (χ0v) is 14.2. The molecule has 0 bridgehead atoms. The number of nitrogens with one attached hydrogen (secondary N) is 1. The number of rotatable bonds is 7. The third-order valence-electron chi connectivity index (χ3n) is 4.03. The van der Waals surface area contributed by atoms with Gasteiger partial charge in [0, 0.05) is 19.6 Å². The molecule has 128 valence electrons. The lowest BCUT2D eigenvalue weighted by atomic mass is 9.98. The van der Waals surface area contributed by atoms with Crippen molar-refractivity contribution in [3.05, 3.63) is 23.8 Å². The van der Waals surface area contributed by atoms with Crippen LogP contribution < -0.4 is 10.1 Å². The lowest BCUT2D eigenvalue weighted by molar-refractivity contribution is -0.142. The Balaban J connectivity index is 2.18. The Morgan fingerprint density at radius 1 is 1.42 bits per heavy atom. The monoisotopic (exact) mass is 330 g/mol. The molecule has 1 aromatic rings. The summed E-state index contributed by atoms with van der Waals surface area (Å²) in [6, 6.07) is 6.53. The van der Waals surface area contributed by atoms with Gasteiger partial charge in [-0.05, 0) is 44.2 Å². The topological polar surface area (TPSA) is 88.4 Å². The molecule has 0 aromatic heterocycles.